The van der Waals surface area contributed by atoms with Crippen LogP contribution in [0, 0.1) is 5.92 Å². The van der Waals surface area contributed by atoms with E-state index >= 15 is 0 Å². The fourth-order valence-electron chi connectivity index (χ4n) is 1.31. The van der Waals surface area contributed by atoms with Gasteiger partial charge in [0.2, 0.25) is 0 Å². The second kappa shape index (κ2) is 5.77. The Hall–Kier alpha value is -1.01. The molecule has 0 fully saturated rings. The molecule has 0 aliphatic carbocycles. The molecule has 0 aliphatic heterocycles. The Morgan fingerprint density at radius 2 is 2.40 bits per heavy atom. The molecule has 0 saturated heterocycles. The summed E-state index contributed by atoms with van der Waals surface area (Å²) in [5, 5.41) is 8.16. The lowest BCUT2D eigenvalue weighted by Gasteiger charge is -2.17. The summed E-state index contributed by atoms with van der Waals surface area (Å²) in [6.45, 7) is 4.64. The molecule has 1 aromatic heterocycles. The monoisotopic (exact) mass is 228 g/mol. The van der Waals surface area contributed by atoms with Crippen molar-refractivity contribution < 1.29 is 4.79 Å². The van der Waals surface area contributed by atoms with Crippen molar-refractivity contribution in [3.63, 3.8) is 0 Å². The Bertz CT molecular complexity index is 299. The van der Waals surface area contributed by atoms with Crippen LogP contribution in [0.15, 0.2) is 5.38 Å². The molecule has 5 nitrogen and oxygen atoms in total. The first-order valence-electron chi connectivity index (χ1n) is 4.91. The van der Waals surface area contributed by atoms with E-state index in [4.69, 9.17) is 5.73 Å². The minimum absolute atomic E-state index is 0.0131. The largest absolute Gasteiger partial charge is 0.347 e. The molecule has 6 heteroatoms. The molecule has 1 amide bonds. The van der Waals surface area contributed by atoms with E-state index in [0.717, 1.165) is 18.0 Å². The van der Waals surface area contributed by atoms with Gasteiger partial charge in [0.05, 0.1) is 0 Å². The molecule has 1 aromatic rings. The summed E-state index contributed by atoms with van der Waals surface area (Å²) in [7, 11) is 0. The summed E-state index contributed by atoms with van der Waals surface area (Å²) in [4.78, 5) is 11.6. The van der Waals surface area contributed by atoms with E-state index in [1.165, 1.54) is 0 Å². The third-order valence-corrected chi connectivity index (χ3v) is 2.47. The van der Waals surface area contributed by atoms with Gasteiger partial charge in [-0.15, -0.1) is 5.10 Å². The Balaban J connectivity index is 2.48. The highest BCUT2D eigenvalue weighted by Crippen LogP contribution is 2.05. The molecular weight excluding hydrogens is 212 g/mol. The molecule has 3 N–H and O–H groups in total. The summed E-state index contributed by atoms with van der Waals surface area (Å²) in [5.41, 5.74) is 5.94. The number of rotatable bonds is 5. The Morgan fingerprint density at radius 1 is 1.67 bits per heavy atom. The molecule has 15 heavy (non-hydrogen) atoms. The van der Waals surface area contributed by atoms with E-state index in [0.29, 0.717) is 18.2 Å². The summed E-state index contributed by atoms with van der Waals surface area (Å²) in [6.07, 6.45) is 0.875. The molecule has 0 radical (unpaired) electrons. The van der Waals surface area contributed by atoms with E-state index in [1.54, 1.807) is 5.38 Å². The van der Waals surface area contributed by atoms with Crippen LogP contribution in [0.5, 0.6) is 0 Å². The van der Waals surface area contributed by atoms with Crippen molar-refractivity contribution in [2.45, 2.75) is 26.3 Å². The minimum atomic E-state index is -0.195. The number of carbonyl (C=O) groups excluding carboxylic acids is 1. The van der Waals surface area contributed by atoms with Gasteiger partial charge in [-0.05, 0) is 23.9 Å². The van der Waals surface area contributed by atoms with Crippen LogP contribution in [0.4, 0.5) is 0 Å². The van der Waals surface area contributed by atoms with E-state index < -0.39 is 0 Å². The lowest BCUT2D eigenvalue weighted by atomic mass is 10.0. The number of nitrogens with two attached hydrogens (primary N) is 1. The van der Waals surface area contributed by atoms with Crippen molar-refractivity contribution in [1.82, 2.24) is 14.9 Å². The molecular formula is C9H16N4OS. The SMILES string of the molecule is CC(C)CC(CN)NC(=O)c1csnn1. The van der Waals surface area contributed by atoms with Gasteiger partial charge in [0.15, 0.2) is 5.69 Å². The fraction of sp³-hybridized carbons (Fsp3) is 0.667. The molecule has 0 aromatic carbocycles. The normalized spacial score (nSPS) is 12.8. The molecule has 0 aliphatic rings. The maximum absolute atomic E-state index is 11.6. The molecule has 84 valence electrons. The van der Waals surface area contributed by atoms with Crippen LogP contribution in [-0.2, 0) is 0 Å². The van der Waals surface area contributed by atoms with Gasteiger partial charge in [0, 0.05) is 18.0 Å². The third kappa shape index (κ3) is 3.93. The van der Waals surface area contributed by atoms with Gasteiger partial charge >= 0.3 is 0 Å². The maximum atomic E-state index is 11.6. The van der Waals surface area contributed by atoms with Crippen LogP contribution in [0.3, 0.4) is 0 Å². The molecule has 0 bridgehead atoms. The van der Waals surface area contributed by atoms with Crippen molar-refractivity contribution >= 4 is 17.4 Å². The highest BCUT2D eigenvalue weighted by molar-refractivity contribution is 7.03. The van der Waals surface area contributed by atoms with Gasteiger partial charge < -0.3 is 11.1 Å². The average molecular weight is 228 g/mol. The highest BCUT2D eigenvalue weighted by atomic mass is 32.1. The second-order valence-corrected chi connectivity index (χ2v) is 4.44. The quantitative estimate of drug-likeness (QED) is 0.775. The van der Waals surface area contributed by atoms with Gasteiger partial charge in [0.25, 0.3) is 5.91 Å². The van der Waals surface area contributed by atoms with Crippen LogP contribution in [0.2, 0.25) is 0 Å². The zero-order valence-electron chi connectivity index (χ0n) is 8.93. The van der Waals surface area contributed by atoms with Crippen LogP contribution in [0.1, 0.15) is 30.8 Å². The Morgan fingerprint density at radius 3 is 2.87 bits per heavy atom. The first-order chi connectivity index (χ1) is 7.13. The number of hydrogen-bond acceptors (Lipinski definition) is 5. The van der Waals surface area contributed by atoms with Crippen LogP contribution >= 0.6 is 11.5 Å². The zero-order chi connectivity index (χ0) is 11.3. The van der Waals surface area contributed by atoms with Crippen molar-refractivity contribution in [2.75, 3.05) is 6.54 Å². The summed E-state index contributed by atoms with van der Waals surface area (Å²) >= 11 is 1.16. The van der Waals surface area contributed by atoms with Crippen LogP contribution in [0.25, 0.3) is 0 Å². The van der Waals surface area contributed by atoms with Gasteiger partial charge in [-0.1, -0.05) is 18.3 Å². The number of nitrogens with zero attached hydrogens (tertiary/aromatic N) is 2. The predicted octanol–water partition coefficient (Wildman–Crippen LogP) is 0.641. The number of nitrogens with one attached hydrogen (secondary N) is 1. The number of amides is 1. The van der Waals surface area contributed by atoms with E-state index in [1.807, 2.05) is 0 Å². The van der Waals surface area contributed by atoms with Crippen molar-refractivity contribution in [2.24, 2.45) is 11.7 Å². The highest BCUT2D eigenvalue weighted by Gasteiger charge is 2.15. The molecule has 0 saturated carbocycles. The first-order valence-corrected chi connectivity index (χ1v) is 5.75. The summed E-state index contributed by atoms with van der Waals surface area (Å²) < 4.78 is 3.64. The van der Waals surface area contributed by atoms with E-state index in [2.05, 4.69) is 28.8 Å². The Labute approximate surface area is 93.2 Å². The molecule has 0 spiro atoms. The lowest BCUT2D eigenvalue weighted by molar-refractivity contribution is 0.0928. The summed E-state index contributed by atoms with van der Waals surface area (Å²) in [5.74, 6) is 0.312. The fourth-order valence-corrected chi connectivity index (χ4v) is 1.74. The van der Waals surface area contributed by atoms with Gasteiger partial charge in [-0.2, -0.15) is 0 Å². The third-order valence-electron chi connectivity index (χ3n) is 1.97. The molecule has 1 unspecified atom stereocenters. The van der Waals surface area contributed by atoms with E-state index in [-0.39, 0.29) is 11.9 Å². The molecule has 1 rings (SSSR count). The summed E-state index contributed by atoms with van der Waals surface area (Å²) in [6, 6.07) is 0.0131. The predicted molar refractivity (Wildman–Crippen MR) is 59.7 cm³/mol. The number of aromatic nitrogens is 2. The van der Waals surface area contributed by atoms with Crippen LogP contribution < -0.4 is 11.1 Å². The topological polar surface area (TPSA) is 80.9 Å². The standard InChI is InChI=1S/C9H16N4OS/c1-6(2)3-7(4-10)11-9(14)8-5-15-13-12-8/h5-7H,3-4,10H2,1-2H3,(H,11,14). The van der Waals surface area contributed by atoms with Gasteiger partial charge in [-0.25, -0.2) is 0 Å². The van der Waals surface area contributed by atoms with Crippen molar-refractivity contribution in [1.29, 1.82) is 0 Å². The smallest absolute Gasteiger partial charge is 0.272 e. The van der Waals surface area contributed by atoms with Gasteiger partial charge in [0.1, 0.15) is 0 Å². The molecule has 1 heterocycles. The minimum Gasteiger partial charge on any atom is -0.347 e. The van der Waals surface area contributed by atoms with Crippen molar-refractivity contribution in [3.05, 3.63) is 11.1 Å². The average Bonchev–Trinajstić information content (AvgIpc) is 2.68. The van der Waals surface area contributed by atoms with Gasteiger partial charge in [-0.3, -0.25) is 4.79 Å². The van der Waals surface area contributed by atoms with E-state index in [9.17, 15) is 4.79 Å². The maximum Gasteiger partial charge on any atom is 0.272 e. The lowest BCUT2D eigenvalue weighted by Crippen LogP contribution is -2.41. The second-order valence-electron chi connectivity index (χ2n) is 3.83. The Kier molecular flexibility index (Phi) is 4.64. The van der Waals surface area contributed by atoms with Crippen molar-refractivity contribution in [3.8, 4) is 0 Å². The molecule has 1 atom stereocenters. The van der Waals surface area contributed by atoms with Crippen LogP contribution in [-0.4, -0.2) is 28.1 Å². The number of hydrogen-bond donors (Lipinski definition) is 2. The number of carbonyl (C=O) groups is 1. The first kappa shape index (κ1) is 12.1. The zero-order valence-corrected chi connectivity index (χ0v) is 9.75.